The molecule has 0 fully saturated rings. The van der Waals surface area contributed by atoms with Crippen molar-refractivity contribution in [3.63, 3.8) is 0 Å². The van der Waals surface area contributed by atoms with E-state index in [-0.39, 0.29) is 5.91 Å². The maximum absolute atomic E-state index is 11.8. The van der Waals surface area contributed by atoms with Crippen molar-refractivity contribution in [3.05, 3.63) is 47.2 Å². The molecule has 1 heterocycles. The van der Waals surface area contributed by atoms with Gasteiger partial charge in [0.1, 0.15) is 0 Å². The van der Waals surface area contributed by atoms with E-state index in [1.165, 1.54) is 16.0 Å². The minimum Gasteiger partial charge on any atom is -0.334 e. The number of amides is 1. The zero-order valence-corrected chi connectivity index (χ0v) is 13.6. The second-order valence-corrected chi connectivity index (χ2v) is 6.53. The normalized spacial score (nSPS) is 18.0. The predicted molar refractivity (Wildman–Crippen MR) is 87.9 cm³/mol. The van der Waals surface area contributed by atoms with Crippen LogP contribution < -0.4 is 15.8 Å². The van der Waals surface area contributed by atoms with Crippen molar-refractivity contribution < 1.29 is 9.69 Å². The number of thioether (sulfide) groups is 1. The van der Waals surface area contributed by atoms with E-state index >= 15 is 0 Å². The van der Waals surface area contributed by atoms with Crippen molar-refractivity contribution in [1.82, 2.24) is 10.9 Å². The third kappa shape index (κ3) is 5.81. The average molecular weight is 306 g/mol. The summed E-state index contributed by atoms with van der Waals surface area (Å²) in [5, 5.41) is 0. The Morgan fingerprint density at radius 3 is 2.76 bits per heavy atom. The highest BCUT2D eigenvalue weighted by Gasteiger charge is 2.10. The van der Waals surface area contributed by atoms with Gasteiger partial charge in [-0.1, -0.05) is 29.8 Å². The summed E-state index contributed by atoms with van der Waals surface area (Å²) in [5.74, 6) is 1.36. The van der Waals surface area contributed by atoms with E-state index in [1.54, 1.807) is 11.8 Å². The number of hydrazine groups is 1. The van der Waals surface area contributed by atoms with Crippen molar-refractivity contribution in [2.24, 2.45) is 0 Å². The highest BCUT2D eigenvalue weighted by molar-refractivity contribution is 7.99. The zero-order valence-electron chi connectivity index (χ0n) is 12.7. The molecule has 114 valence electrons. The summed E-state index contributed by atoms with van der Waals surface area (Å²) < 4.78 is 0. The number of aryl methyl sites for hydroxylation is 1. The van der Waals surface area contributed by atoms with E-state index < -0.39 is 0 Å². The minimum absolute atomic E-state index is 0.0271. The van der Waals surface area contributed by atoms with E-state index in [2.05, 4.69) is 55.2 Å². The number of hydrogen-bond acceptors (Lipinski definition) is 3. The standard InChI is InChI=1S/C16H23N3OS/c1-13-3-5-14(6-4-13)11-21-12-16(20)18-17-15-7-9-19(2)10-8-15/h3-7,17H,8-12H2,1-2H3,(H,18,20)/p+1. The monoisotopic (exact) mass is 306 g/mol. The first-order valence-electron chi connectivity index (χ1n) is 7.32. The van der Waals surface area contributed by atoms with Gasteiger partial charge in [-0.25, -0.2) is 0 Å². The summed E-state index contributed by atoms with van der Waals surface area (Å²) in [4.78, 5) is 13.3. The van der Waals surface area contributed by atoms with Crippen molar-refractivity contribution in [1.29, 1.82) is 0 Å². The predicted octanol–water partition coefficient (Wildman–Crippen LogP) is 0.651. The molecule has 5 heteroatoms. The van der Waals surface area contributed by atoms with Gasteiger partial charge in [-0.2, -0.15) is 0 Å². The van der Waals surface area contributed by atoms with Crippen LogP contribution in [-0.2, 0) is 10.5 Å². The van der Waals surface area contributed by atoms with E-state index in [1.807, 2.05) is 0 Å². The summed E-state index contributed by atoms with van der Waals surface area (Å²) in [6.07, 6.45) is 3.14. The molecule has 2 rings (SSSR count). The highest BCUT2D eigenvalue weighted by Crippen LogP contribution is 2.12. The lowest BCUT2D eigenvalue weighted by Gasteiger charge is -2.20. The molecule has 0 aliphatic carbocycles. The van der Waals surface area contributed by atoms with Crippen molar-refractivity contribution in [3.8, 4) is 0 Å². The van der Waals surface area contributed by atoms with E-state index in [4.69, 9.17) is 0 Å². The van der Waals surface area contributed by atoms with Crippen LogP contribution in [0.4, 0.5) is 0 Å². The first kappa shape index (κ1) is 15.9. The zero-order chi connectivity index (χ0) is 15.1. The first-order chi connectivity index (χ1) is 10.1. The number of benzene rings is 1. The van der Waals surface area contributed by atoms with Crippen molar-refractivity contribution >= 4 is 17.7 Å². The molecule has 0 radical (unpaired) electrons. The molecule has 0 spiro atoms. The molecule has 4 nitrogen and oxygen atoms in total. The van der Waals surface area contributed by atoms with Crippen LogP contribution >= 0.6 is 11.8 Å². The van der Waals surface area contributed by atoms with Gasteiger partial charge in [0, 0.05) is 17.9 Å². The van der Waals surface area contributed by atoms with Gasteiger partial charge in [0.25, 0.3) is 0 Å². The molecule has 1 aromatic carbocycles. The lowest BCUT2D eigenvalue weighted by atomic mass is 10.2. The van der Waals surface area contributed by atoms with Gasteiger partial charge in [-0.05, 0) is 18.6 Å². The molecular weight excluding hydrogens is 282 g/mol. The smallest absolute Gasteiger partial charge is 0.248 e. The summed E-state index contributed by atoms with van der Waals surface area (Å²) in [6, 6.07) is 8.44. The molecular formula is C16H24N3OS+. The van der Waals surface area contributed by atoms with Crippen LogP contribution in [-0.4, -0.2) is 31.8 Å². The topological polar surface area (TPSA) is 45.6 Å². The SMILES string of the molecule is Cc1ccc(CSCC(=O)NNC2=CC[NH+](C)CC2)cc1. The molecule has 1 amide bonds. The number of likely N-dealkylation sites (N-methyl/N-ethyl adjacent to an activating group) is 1. The molecule has 1 aliphatic rings. The fraction of sp³-hybridized carbons (Fsp3) is 0.438. The Labute approximate surface area is 130 Å². The molecule has 1 aromatic rings. The van der Waals surface area contributed by atoms with Crippen LogP contribution in [0, 0.1) is 6.92 Å². The Bertz CT molecular complexity index is 499. The molecule has 0 bridgehead atoms. The van der Waals surface area contributed by atoms with Gasteiger partial charge in [-0.15, -0.1) is 11.8 Å². The number of carbonyl (C=O) groups is 1. The van der Waals surface area contributed by atoms with Crippen LogP contribution in [0.5, 0.6) is 0 Å². The molecule has 1 atom stereocenters. The van der Waals surface area contributed by atoms with Gasteiger partial charge >= 0.3 is 0 Å². The van der Waals surface area contributed by atoms with Crippen LogP contribution in [0.15, 0.2) is 36.0 Å². The number of rotatable bonds is 6. The molecule has 21 heavy (non-hydrogen) atoms. The van der Waals surface area contributed by atoms with Gasteiger partial charge in [0.15, 0.2) is 0 Å². The quantitative estimate of drug-likeness (QED) is 0.676. The maximum Gasteiger partial charge on any atom is 0.248 e. The lowest BCUT2D eigenvalue weighted by Crippen LogP contribution is -3.09. The number of nitrogens with one attached hydrogen (secondary N) is 3. The second-order valence-electron chi connectivity index (χ2n) is 5.54. The van der Waals surface area contributed by atoms with Crippen LogP contribution in [0.25, 0.3) is 0 Å². The van der Waals surface area contributed by atoms with E-state index in [0.29, 0.717) is 5.75 Å². The molecule has 0 aromatic heterocycles. The fourth-order valence-electron chi connectivity index (χ4n) is 2.10. The Kier molecular flexibility index (Phi) is 6.14. The van der Waals surface area contributed by atoms with Gasteiger partial charge in [-0.3, -0.25) is 10.2 Å². The fourth-order valence-corrected chi connectivity index (χ4v) is 2.88. The van der Waals surface area contributed by atoms with Gasteiger partial charge in [0.05, 0.1) is 25.9 Å². The highest BCUT2D eigenvalue weighted by atomic mass is 32.2. The van der Waals surface area contributed by atoms with E-state index in [9.17, 15) is 4.79 Å². The third-order valence-electron chi connectivity index (χ3n) is 3.50. The van der Waals surface area contributed by atoms with E-state index in [0.717, 1.165) is 31.0 Å². The van der Waals surface area contributed by atoms with Crippen molar-refractivity contribution in [2.45, 2.75) is 19.1 Å². The Hall–Kier alpha value is -1.46. The first-order valence-corrected chi connectivity index (χ1v) is 8.47. The van der Waals surface area contributed by atoms with Crippen LogP contribution in [0.3, 0.4) is 0 Å². The minimum atomic E-state index is 0.0271. The summed E-state index contributed by atoms with van der Waals surface area (Å²) in [7, 11) is 2.17. The molecule has 1 unspecified atom stereocenters. The van der Waals surface area contributed by atoms with Gasteiger partial charge < -0.3 is 10.3 Å². The number of hydrogen-bond donors (Lipinski definition) is 3. The molecule has 0 saturated heterocycles. The molecule has 0 saturated carbocycles. The van der Waals surface area contributed by atoms with Crippen LogP contribution in [0.1, 0.15) is 17.5 Å². The Morgan fingerprint density at radius 2 is 2.10 bits per heavy atom. The average Bonchev–Trinajstić information content (AvgIpc) is 2.49. The summed E-state index contributed by atoms with van der Waals surface area (Å²) in [5.41, 5.74) is 9.45. The third-order valence-corrected chi connectivity index (χ3v) is 4.51. The molecule has 1 aliphatic heterocycles. The van der Waals surface area contributed by atoms with Crippen molar-refractivity contribution in [2.75, 3.05) is 25.9 Å². The number of quaternary nitrogens is 1. The summed E-state index contributed by atoms with van der Waals surface area (Å²) in [6.45, 7) is 4.20. The van der Waals surface area contributed by atoms with Gasteiger partial charge in [0.2, 0.25) is 5.91 Å². The maximum atomic E-state index is 11.8. The number of carbonyl (C=O) groups excluding carboxylic acids is 1. The second kappa shape index (κ2) is 8.10. The largest absolute Gasteiger partial charge is 0.334 e. The summed E-state index contributed by atoms with van der Waals surface area (Å²) >= 11 is 1.63. The molecule has 3 N–H and O–H groups in total. The Morgan fingerprint density at radius 1 is 1.33 bits per heavy atom. The Balaban J connectivity index is 1.62. The lowest BCUT2D eigenvalue weighted by molar-refractivity contribution is -0.875. The van der Waals surface area contributed by atoms with Crippen LogP contribution in [0.2, 0.25) is 0 Å².